The van der Waals surface area contributed by atoms with E-state index < -0.39 is 0 Å². The fourth-order valence-electron chi connectivity index (χ4n) is 1.74. The van der Waals surface area contributed by atoms with Gasteiger partial charge in [-0.2, -0.15) is 5.10 Å². The summed E-state index contributed by atoms with van der Waals surface area (Å²) in [5.41, 5.74) is 4.21. The van der Waals surface area contributed by atoms with E-state index in [0.29, 0.717) is 10.6 Å². The molecule has 0 aliphatic rings. The Balaban J connectivity index is 2.46. The van der Waals surface area contributed by atoms with Gasteiger partial charge in [-0.15, -0.1) is 0 Å². The number of hydrazine groups is 1. The Kier molecular flexibility index (Phi) is 3.42. The third kappa shape index (κ3) is 2.31. The Labute approximate surface area is 103 Å². The van der Waals surface area contributed by atoms with E-state index in [-0.39, 0.29) is 11.9 Å². The highest BCUT2D eigenvalue weighted by atomic mass is 35.5. The number of hydrogen-bond acceptors (Lipinski definition) is 3. The molecule has 0 radical (unpaired) electrons. The summed E-state index contributed by atoms with van der Waals surface area (Å²) in [7, 11) is 1.80. The highest BCUT2D eigenvalue weighted by Gasteiger charge is 2.18. The molecule has 2 aromatic rings. The molecule has 0 aliphatic heterocycles. The SMILES string of the molecule is Cn1nccc1C(NN)c1ccc(F)cc1Cl. The van der Waals surface area contributed by atoms with E-state index in [0.717, 1.165) is 5.69 Å². The fraction of sp³-hybridized carbons (Fsp3) is 0.182. The van der Waals surface area contributed by atoms with Gasteiger partial charge in [-0.05, 0) is 23.8 Å². The standard InChI is InChI=1S/C11H12ClFN4/c1-17-10(4-5-15-17)11(16-14)8-3-2-7(13)6-9(8)12/h2-6,11,16H,14H2,1H3. The van der Waals surface area contributed by atoms with Crippen LogP contribution in [0.15, 0.2) is 30.5 Å². The van der Waals surface area contributed by atoms with Gasteiger partial charge in [-0.25, -0.2) is 9.82 Å². The van der Waals surface area contributed by atoms with Crippen molar-refractivity contribution in [1.82, 2.24) is 15.2 Å². The van der Waals surface area contributed by atoms with E-state index in [1.807, 2.05) is 6.07 Å². The number of nitrogens with two attached hydrogens (primary N) is 1. The summed E-state index contributed by atoms with van der Waals surface area (Å²) in [6, 6.07) is 5.72. The Hall–Kier alpha value is -1.43. The molecule has 6 heteroatoms. The summed E-state index contributed by atoms with van der Waals surface area (Å²) in [4.78, 5) is 0. The lowest BCUT2D eigenvalue weighted by Gasteiger charge is -2.18. The molecule has 0 aliphatic carbocycles. The lowest BCUT2D eigenvalue weighted by atomic mass is 10.0. The number of aromatic nitrogens is 2. The van der Waals surface area contributed by atoms with Crippen LogP contribution in [0, 0.1) is 5.82 Å². The van der Waals surface area contributed by atoms with E-state index in [1.54, 1.807) is 24.0 Å². The molecule has 1 atom stereocenters. The van der Waals surface area contributed by atoms with Crippen LogP contribution in [0.4, 0.5) is 4.39 Å². The average Bonchev–Trinajstić information content (AvgIpc) is 2.69. The first-order valence-corrected chi connectivity index (χ1v) is 5.40. The molecule has 2 rings (SSSR count). The summed E-state index contributed by atoms with van der Waals surface area (Å²) in [6.07, 6.45) is 1.66. The maximum absolute atomic E-state index is 13.0. The molecule has 0 saturated heterocycles. The Bertz CT molecular complexity index is 526. The minimum atomic E-state index is -0.375. The molecule has 1 aromatic heterocycles. The zero-order chi connectivity index (χ0) is 12.4. The quantitative estimate of drug-likeness (QED) is 0.648. The predicted molar refractivity (Wildman–Crippen MR) is 63.8 cm³/mol. The minimum Gasteiger partial charge on any atom is -0.271 e. The van der Waals surface area contributed by atoms with Gasteiger partial charge < -0.3 is 0 Å². The van der Waals surface area contributed by atoms with E-state index in [9.17, 15) is 4.39 Å². The molecule has 3 N–H and O–H groups in total. The van der Waals surface area contributed by atoms with Gasteiger partial charge in [0, 0.05) is 18.3 Å². The normalized spacial score (nSPS) is 12.7. The molecule has 0 spiro atoms. The van der Waals surface area contributed by atoms with Crippen LogP contribution in [0.2, 0.25) is 5.02 Å². The fourth-order valence-corrected chi connectivity index (χ4v) is 2.01. The molecule has 17 heavy (non-hydrogen) atoms. The number of hydrogen-bond donors (Lipinski definition) is 2. The molecule has 90 valence electrons. The van der Waals surface area contributed by atoms with Crippen LogP contribution in [0.5, 0.6) is 0 Å². The maximum Gasteiger partial charge on any atom is 0.124 e. The van der Waals surface area contributed by atoms with Crippen LogP contribution in [0.3, 0.4) is 0 Å². The molecule has 0 fully saturated rings. The Morgan fingerprint density at radius 3 is 2.76 bits per heavy atom. The van der Waals surface area contributed by atoms with E-state index in [1.165, 1.54) is 12.1 Å². The lowest BCUT2D eigenvalue weighted by molar-refractivity contribution is 0.572. The number of nitrogens with one attached hydrogen (secondary N) is 1. The topological polar surface area (TPSA) is 55.9 Å². The van der Waals surface area contributed by atoms with Crippen molar-refractivity contribution in [2.75, 3.05) is 0 Å². The van der Waals surface area contributed by atoms with Crippen molar-refractivity contribution in [2.45, 2.75) is 6.04 Å². The highest BCUT2D eigenvalue weighted by molar-refractivity contribution is 6.31. The first kappa shape index (κ1) is 12.0. The van der Waals surface area contributed by atoms with Gasteiger partial charge in [-0.1, -0.05) is 17.7 Å². The molecule has 0 bridgehead atoms. The van der Waals surface area contributed by atoms with Crippen LogP contribution < -0.4 is 11.3 Å². The van der Waals surface area contributed by atoms with Crippen LogP contribution in [0.25, 0.3) is 0 Å². The van der Waals surface area contributed by atoms with E-state index >= 15 is 0 Å². The Morgan fingerprint density at radius 2 is 2.24 bits per heavy atom. The number of halogens is 2. The number of nitrogens with zero attached hydrogens (tertiary/aromatic N) is 2. The summed E-state index contributed by atoms with van der Waals surface area (Å²) in [5.74, 6) is 5.15. The van der Waals surface area contributed by atoms with Gasteiger partial charge in [0.15, 0.2) is 0 Å². The van der Waals surface area contributed by atoms with Crippen molar-refractivity contribution >= 4 is 11.6 Å². The Morgan fingerprint density at radius 1 is 1.47 bits per heavy atom. The van der Waals surface area contributed by atoms with Crippen molar-refractivity contribution < 1.29 is 4.39 Å². The van der Waals surface area contributed by atoms with Crippen LogP contribution in [0.1, 0.15) is 17.3 Å². The van der Waals surface area contributed by atoms with Gasteiger partial charge >= 0.3 is 0 Å². The van der Waals surface area contributed by atoms with Crippen LogP contribution in [-0.2, 0) is 7.05 Å². The van der Waals surface area contributed by atoms with Gasteiger partial charge in [0.2, 0.25) is 0 Å². The van der Waals surface area contributed by atoms with Crippen molar-refractivity contribution in [3.8, 4) is 0 Å². The second kappa shape index (κ2) is 4.83. The number of benzene rings is 1. The van der Waals surface area contributed by atoms with Gasteiger partial charge in [-0.3, -0.25) is 10.5 Å². The van der Waals surface area contributed by atoms with Crippen LogP contribution >= 0.6 is 11.6 Å². The number of aryl methyl sites for hydroxylation is 1. The first-order valence-electron chi connectivity index (χ1n) is 5.02. The summed E-state index contributed by atoms with van der Waals surface area (Å²) in [6.45, 7) is 0. The zero-order valence-corrected chi connectivity index (χ0v) is 9.95. The van der Waals surface area contributed by atoms with Gasteiger partial charge in [0.1, 0.15) is 5.82 Å². The van der Waals surface area contributed by atoms with Crippen molar-refractivity contribution in [3.63, 3.8) is 0 Å². The highest BCUT2D eigenvalue weighted by Crippen LogP contribution is 2.27. The van der Waals surface area contributed by atoms with Crippen molar-refractivity contribution in [3.05, 3.63) is 52.6 Å². The molecule has 1 aromatic carbocycles. The molecule has 0 saturated carbocycles. The van der Waals surface area contributed by atoms with Crippen LogP contribution in [-0.4, -0.2) is 9.78 Å². The number of rotatable bonds is 3. The third-order valence-corrected chi connectivity index (χ3v) is 2.92. The molecular formula is C11H12ClFN4. The monoisotopic (exact) mass is 254 g/mol. The largest absolute Gasteiger partial charge is 0.271 e. The van der Waals surface area contributed by atoms with Crippen molar-refractivity contribution in [1.29, 1.82) is 0 Å². The molecule has 1 heterocycles. The van der Waals surface area contributed by atoms with Gasteiger partial charge in [0.25, 0.3) is 0 Å². The first-order chi connectivity index (χ1) is 8.13. The van der Waals surface area contributed by atoms with E-state index in [4.69, 9.17) is 17.4 Å². The lowest BCUT2D eigenvalue weighted by Crippen LogP contribution is -2.30. The summed E-state index contributed by atoms with van der Waals surface area (Å²) >= 11 is 6.01. The van der Waals surface area contributed by atoms with E-state index in [2.05, 4.69) is 10.5 Å². The zero-order valence-electron chi connectivity index (χ0n) is 9.19. The third-order valence-electron chi connectivity index (χ3n) is 2.59. The second-order valence-corrected chi connectivity index (χ2v) is 4.05. The summed E-state index contributed by atoms with van der Waals surface area (Å²) in [5, 5.41) is 4.39. The molecule has 0 amide bonds. The average molecular weight is 255 g/mol. The van der Waals surface area contributed by atoms with Crippen molar-refractivity contribution in [2.24, 2.45) is 12.9 Å². The molecular weight excluding hydrogens is 243 g/mol. The second-order valence-electron chi connectivity index (χ2n) is 3.65. The van der Waals surface area contributed by atoms with Gasteiger partial charge in [0.05, 0.1) is 11.7 Å². The smallest absolute Gasteiger partial charge is 0.124 e. The summed E-state index contributed by atoms with van der Waals surface area (Å²) < 4.78 is 14.7. The molecule has 1 unspecified atom stereocenters. The molecule has 4 nitrogen and oxygen atoms in total. The maximum atomic E-state index is 13.0. The minimum absolute atomic E-state index is 0.324. The predicted octanol–water partition coefficient (Wildman–Crippen LogP) is 1.77.